The van der Waals surface area contributed by atoms with Gasteiger partial charge in [-0.2, -0.15) is 16.2 Å². The average Bonchev–Trinajstić information content (AvgIpc) is 2.33. The fourth-order valence-corrected chi connectivity index (χ4v) is 2.03. The van der Waals surface area contributed by atoms with E-state index in [2.05, 4.69) is 11.6 Å². The van der Waals surface area contributed by atoms with Gasteiger partial charge in [-0.05, 0) is 43.0 Å². The summed E-state index contributed by atoms with van der Waals surface area (Å²) in [6.07, 6.45) is 4.31. The summed E-state index contributed by atoms with van der Waals surface area (Å²) in [4.78, 5) is 9.73. The lowest BCUT2D eigenvalue weighted by atomic mass is 10.2. The number of hydrogen-bond acceptors (Lipinski definition) is 4. The van der Waals surface area contributed by atoms with Crippen molar-refractivity contribution < 1.29 is 9.31 Å². The first-order valence-electron chi connectivity index (χ1n) is 5.77. The minimum absolute atomic E-state index is 0.473. The van der Waals surface area contributed by atoms with Gasteiger partial charge in [0, 0.05) is 12.6 Å². The van der Waals surface area contributed by atoms with Gasteiger partial charge in [0.25, 0.3) is 0 Å². The molecule has 4 nitrogen and oxygen atoms in total. The maximum Gasteiger partial charge on any atom is 0.304 e. The van der Waals surface area contributed by atoms with Gasteiger partial charge >= 0.3 is 5.69 Å². The zero-order chi connectivity index (χ0) is 13.4. The van der Waals surface area contributed by atoms with E-state index in [9.17, 15) is 14.5 Å². The van der Waals surface area contributed by atoms with Crippen molar-refractivity contribution in [3.05, 3.63) is 39.7 Å². The van der Waals surface area contributed by atoms with Crippen LogP contribution in [0.2, 0.25) is 0 Å². The number of unbranched alkanes of at least 4 members (excludes halogenated alkanes) is 1. The molecule has 0 atom stereocenters. The first-order chi connectivity index (χ1) is 8.65. The van der Waals surface area contributed by atoms with Crippen LogP contribution in [0.5, 0.6) is 0 Å². The molecule has 0 saturated carbocycles. The Bertz CT molecular complexity index is 402. The van der Waals surface area contributed by atoms with Gasteiger partial charge in [0.2, 0.25) is 5.82 Å². The number of nitro benzene ring substituents is 1. The number of halogens is 1. The first kappa shape index (κ1) is 14.9. The van der Waals surface area contributed by atoms with Crippen LogP contribution in [0.1, 0.15) is 18.4 Å². The second-order valence-corrected chi connectivity index (χ2v) is 4.91. The molecule has 0 aliphatic rings. The van der Waals surface area contributed by atoms with Gasteiger partial charge in [-0.1, -0.05) is 6.07 Å². The van der Waals surface area contributed by atoms with E-state index in [1.165, 1.54) is 12.1 Å². The van der Waals surface area contributed by atoms with Crippen molar-refractivity contribution in [1.82, 2.24) is 5.32 Å². The third-order valence-corrected chi connectivity index (χ3v) is 3.19. The summed E-state index contributed by atoms with van der Waals surface area (Å²) in [5.41, 5.74) is 0.252. The maximum absolute atomic E-state index is 13.3. The fraction of sp³-hybridized carbons (Fsp3) is 0.500. The van der Waals surface area contributed by atoms with Gasteiger partial charge in [-0.3, -0.25) is 10.1 Å². The Kier molecular flexibility index (Phi) is 6.67. The second-order valence-electron chi connectivity index (χ2n) is 3.92. The van der Waals surface area contributed by atoms with Crippen LogP contribution in [0.3, 0.4) is 0 Å². The number of nitrogens with one attached hydrogen (secondary N) is 1. The summed E-state index contributed by atoms with van der Waals surface area (Å²) in [7, 11) is 0. The lowest BCUT2D eigenvalue weighted by Crippen LogP contribution is -2.15. The zero-order valence-corrected chi connectivity index (χ0v) is 11.1. The number of thioether (sulfide) groups is 1. The van der Waals surface area contributed by atoms with Crippen molar-refractivity contribution in [3.8, 4) is 0 Å². The Balaban J connectivity index is 2.35. The molecule has 0 saturated heterocycles. The molecule has 6 heteroatoms. The van der Waals surface area contributed by atoms with Crippen LogP contribution in [-0.2, 0) is 6.54 Å². The minimum Gasteiger partial charge on any atom is -0.313 e. The van der Waals surface area contributed by atoms with Crippen molar-refractivity contribution >= 4 is 17.4 Å². The minimum atomic E-state index is -0.776. The van der Waals surface area contributed by atoms with Gasteiger partial charge in [-0.15, -0.1) is 0 Å². The predicted molar refractivity (Wildman–Crippen MR) is 72.4 cm³/mol. The summed E-state index contributed by atoms with van der Waals surface area (Å²) < 4.78 is 13.3. The summed E-state index contributed by atoms with van der Waals surface area (Å²) in [6, 6.07) is 4.00. The standard InChI is InChI=1S/C12H17FN2O2S/c1-18-7-3-2-6-14-9-10-4-5-12(15(16)17)11(13)8-10/h4-5,8,14H,2-3,6-7,9H2,1H3. The molecule has 0 amide bonds. The highest BCUT2D eigenvalue weighted by Crippen LogP contribution is 2.17. The predicted octanol–water partition coefficient (Wildman–Crippen LogP) is 2.97. The molecule has 18 heavy (non-hydrogen) atoms. The number of benzene rings is 1. The Labute approximate surface area is 110 Å². The number of rotatable bonds is 8. The molecular weight excluding hydrogens is 255 g/mol. The van der Waals surface area contributed by atoms with E-state index in [-0.39, 0.29) is 0 Å². The van der Waals surface area contributed by atoms with Crippen LogP contribution in [0.4, 0.5) is 10.1 Å². The van der Waals surface area contributed by atoms with E-state index in [0.29, 0.717) is 6.54 Å². The smallest absolute Gasteiger partial charge is 0.304 e. The Morgan fingerprint density at radius 2 is 2.22 bits per heavy atom. The molecule has 1 aromatic carbocycles. The second kappa shape index (κ2) is 8.05. The van der Waals surface area contributed by atoms with Crippen molar-refractivity contribution in [3.63, 3.8) is 0 Å². The Hall–Kier alpha value is -1.14. The molecule has 0 heterocycles. The Morgan fingerprint density at radius 3 is 2.83 bits per heavy atom. The molecule has 1 aromatic rings. The van der Waals surface area contributed by atoms with E-state index in [0.717, 1.165) is 30.7 Å². The van der Waals surface area contributed by atoms with Crippen LogP contribution in [-0.4, -0.2) is 23.5 Å². The normalized spacial score (nSPS) is 10.6. The van der Waals surface area contributed by atoms with Crippen molar-refractivity contribution in [2.45, 2.75) is 19.4 Å². The third-order valence-electron chi connectivity index (χ3n) is 2.49. The number of nitrogens with zero attached hydrogens (tertiary/aromatic N) is 1. The van der Waals surface area contributed by atoms with Crippen LogP contribution in [0.25, 0.3) is 0 Å². The van der Waals surface area contributed by atoms with Crippen molar-refractivity contribution in [2.75, 3.05) is 18.6 Å². The first-order valence-corrected chi connectivity index (χ1v) is 7.17. The van der Waals surface area contributed by atoms with Crippen molar-refractivity contribution in [2.24, 2.45) is 0 Å². The summed E-state index contributed by atoms with van der Waals surface area (Å²) in [5, 5.41) is 13.6. The van der Waals surface area contributed by atoms with E-state index in [1.54, 1.807) is 6.07 Å². The van der Waals surface area contributed by atoms with E-state index < -0.39 is 16.4 Å². The highest BCUT2D eigenvalue weighted by Gasteiger charge is 2.13. The van der Waals surface area contributed by atoms with Crippen LogP contribution >= 0.6 is 11.8 Å². The molecule has 100 valence electrons. The molecule has 0 spiro atoms. The highest BCUT2D eigenvalue weighted by atomic mass is 32.2. The quantitative estimate of drug-likeness (QED) is 0.449. The summed E-state index contributed by atoms with van der Waals surface area (Å²) in [5.74, 6) is 0.370. The zero-order valence-electron chi connectivity index (χ0n) is 10.3. The molecular formula is C12H17FN2O2S. The van der Waals surface area contributed by atoms with Gasteiger partial charge in [0.1, 0.15) is 0 Å². The van der Waals surface area contributed by atoms with E-state index >= 15 is 0 Å². The van der Waals surface area contributed by atoms with Crippen LogP contribution < -0.4 is 5.32 Å². The number of nitro groups is 1. The monoisotopic (exact) mass is 272 g/mol. The molecule has 1 N–H and O–H groups in total. The molecule has 0 aromatic heterocycles. The van der Waals surface area contributed by atoms with Gasteiger partial charge in [-0.25, -0.2) is 0 Å². The van der Waals surface area contributed by atoms with Crippen LogP contribution in [0.15, 0.2) is 18.2 Å². The van der Waals surface area contributed by atoms with Gasteiger partial charge in [0.15, 0.2) is 0 Å². The largest absolute Gasteiger partial charge is 0.313 e. The molecule has 0 bridgehead atoms. The average molecular weight is 272 g/mol. The lowest BCUT2D eigenvalue weighted by molar-refractivity contribution is -0.387. The van der Waals surface area contributed by atoms with Crippen LogP contribution in [0, 0.1) is 15.9 Å². The Morgan fingerprint density at radius 1 is 1.44 bits per heavy atom. The molecule has 0 unspecified atom stereocenters. The van der Waals surface area contributed by atoms with E-state index in [1.807, 2.05) is 11.8 Å². The van der Waals surface area contributed by atoms with Crippen molar-refractivity contribution in [1.29, 1.82) is 0 Å². The van der Waals surface area contributed by atoms with E-state index in [4.69, 9.17) is 0 Å². The summed E-state index contributed by atoms with van der Waals surface area (Å²) >= 11 is 1.82. The molecule has 0 aliphatic heterocycles. The molecule has 0 fully saturated rings. The topological polar surface area (TPSA) is 55.2 Å². The number of hydrogen-bond donors (Lipinski definition) is 1. The molecule has 0 radical (unpaired) electrons. The van der Waals surface area contributed by atoms with Gasteiger partial charge in [0.05, 0.1) is 4.92 Å². The molecule has 0 aliphatic carbocycles. The fourth-order valence-electron chi connectivity index (χ4n) is 1.54. The SMILES string of the molecule is CSCCCCNCc1ccc([N+](=O)[O-])c(F)c1. The van der Waals surface area contributed by atoms with Gasteiger partial charge < -0.3 is 5.32 Å². The molecule has 1 rings (SSSR count). The lowest BCUT2D eigenvalue weighted by Gasteiger charge is -2.05. The highest BCUT2D eigenvalue weighted by molar-refractivity contribution is 7.98. The third kappa shape index (κ3) is 5.01. The maximum atomic E-state index is 13.3. The summed E-state index contributed by atoms with van der Waals surface area (Å²) in [6.45, 7) is 1.41.